The first-order chi connectivity index (χ1) is 9.92. The minimum Gasteiger partial charge on any atom is -0.495 e. The standard InChI is InChI=1S/C14H16FNO4S/c1-10(8-12-4-3-7-20-12)16-21(17,18)14-9-11(15)5-6-13(14)19-2/h3-7,9-10,16H,8H2,1-2H3/t10-/m1/s1. The van der Waals surface area contributed by atoms with Crippen LogP contribution in [0.5, 0.6) is 5.75 Å². The highest BCUT2D eigenvalue weighted by atomic mass is 32.2. The number of halogens is 1. The average Bonchev–Trinajstić information content (AvgIpc) is 2.90. The van der Waals surface area contributed by atoms with Crippen LogP contribution in [0.1, 0.15) is 12.7 Å². The van der Waals surface area contributed by atoms with E-state index in [-0.39, 0.29) is 10.6 Å². The summed E-state index contributed by atoms with van der Waals surface area (Å²) in [5, 5.41) is 0. The lowest BCUT2D eigenvalue weighted by atomic mass is 10.2. The molecule has 5 nitrogen and oxygen atoms in total. The lowest BCUT2D eigenvalue weighted by Gasteiger charge is -2.15. The topological polar surface area (TPSA) is 68.5 Å². The van der Waals surface area contributed by atoms with Crippen molar-refractivity contribution in [2.75, 3.05) is 7.11 Å². The second-order valence-electron chi connectivity index (χ2n) is 4.60. The van der Waals surface area contributed by atoms with E-state index in [0.29, 0.717) is 12.2 Å². The average molecular weight is 313 g/mol. The molecule has 7 heteroatoms. The maximum atomic E-state index is 13.3. The number of nitrogens with one attached hydrogen (secondary N) is 1. The largest absolute Gasteiger partial charge is 0.495 e. The van der Waals surface area contributed by atoms with Crippen LogP contribution in [-0.4, -0.2) is 21.6 Å². The lowest BCUT2D eigenvalue weighted by molar-refractivity contribution is 0.400. The van der Waals surface area contributed by atoms with Crippen LogP contribution in [0.3, 0.4) is 0 Å². The minimum atomic E-state index is -3.88. The quantitative estimate of drug-likeness (QED) is 0.889. The Morgan fingerprint density at radius 3 is 2.76 bits per heavy atom. The van der Waals surface area contributed by atoms with E-state index in [1.54, 1.807) is 19.1 Å². The molecule has 21 heavy (non-hydrogen) atoms. The van der Waals surface area contributed by atoms with Gasteiger partial charge in [-0.3, -0.25) is 0 Å². The number of hydrogen-bond acceptors (Lipinski definition) is 4. The van der Waals surface area contributed by atoms with Gasteiger partial charge in [0.25, 0.3) is 0 Å². The van der Waals surface area contributed by atoms with Crippen LogP contribution in [0, 0.1) is 5.82 Å². The molecular weight excluding hydrogens is 297 g/mol. The van der Waals surface area contributed by atoms with Gasteiger partial charge in [-0.05, 0) is 37.3 Å². The van der Waals surface area contributed by atoms with Crippen molar-refractivity contribution >= 4 is 10.0 Å². The SMILES string of the molecule is COc1ccc(F)cc1S(=O)(=O)N[C@H](C)Cc1ccco1. The number of furan rings is 1. The summed E-state index contributed by atoms with van der Waals surface area (Å²) in [7, 11) is -2.55. The summed E-state index contributed by atoms with van der Waals surface area (Å²) in [6.45, 7) is 1.70. The Kier molecular flexibility index (Phi) is 4.64. The maximum absolute atomic E-state index is 13.3. The lowest BCUT2D eigenvalue weighted by Crippen LogP contribution is -2.34. The van der Waals surface area contributed by atoms with Crippen LogP contribution in [0.2, 0.25) is 0 Å². The fourth-order valence-electron chi connectivity index (χ4n) is 1.96. The second kappa shape index (κ2) is 6.28. The van der Waals surface area contributed by atoms with Crippen molar-refractivity contribution in [3.63, 3.8) is 0 Å². The molecule has 1 heterocycles. The predicted molar refractivity (Wildman–Crippen MR) is 75.1 cm³/mol. The van der Waals surface area contributed by atoms with E-state index >= 15 is 0 Å². The first-order valence-electron chi connectivity index (χ1n) is 6.30. The number of ether oxygens (including phenoxy) is 1. The van der Waals surface area contributed by atoms with Gasteiger partial charge in [-0.15, -0.1) is 0 Å². The maximum Gasteiger partial charge on any atom is 0.244 e. The fraction of sp³-hybridized carbons (Fsp3) is 0.286. The predicted octanol–water partition coefficient (Wildman–Crippen LogP) is 2.34. The molecule has 1 aromatic heterocycles. The summed E-state index contributed by atoms with van der Waals surface area (Å²) in [5.41, 5.74) is 0. The highest BCUT2D eigenvalue weighted by molar-refractivity contribution is 7.89. The van der Waals surface area contributed by atoms with Gasteiger partial charge in [0.15, 0.2) is 0 Å². The second-order valence-corrected chi connectivity index (χ2v) is 6.28. The molecule has 0 aliphatic heterocycles. The zero-order valence-corrected chi connectivity index (χ0v) is 12.5. The van der Waals surface area contributed by atoms with Gasteiger partial charge >= 0.3 is 0 Å². The molecule has 0 unspecified atom stereocenters. The Bertz CT molecular complexity index is 698. The van der Waals surface area contributed by atoms with Crippen molar-refractivity contribution in [2.24, 2.45) is 0 Å². The Balaban J connectivity index is 2.20. The molecule has 0 radical (unpaired) electrons. The highest BCUT2D eigenvalue weighted by Gasteiger charge is 2.23. The summed E-state index contributed by atoms with van der Waals surface area (Å²) >= 11 is 0. The first-order valence-corrected chi connectivity index (χ1v) is 7.79. The Morgan fingerprint density at radius 2 is 2.14 bits per heavy atom. The van der Waals surface area contributed by atoms with Crippen molar-refractivity contribution in [3.05, 3.63) is 48.2 Å². The number of methoxy groups -OCH3 is 1. The molecule has 0 amide bonds. The molecule has 0 fully saturated rings. The van der Waals surface area contributed by atoms with Gasteiger partial charge in [0.2, 0.25) is 10.0 Å². The summed E-state index contributed by atoms with van der Waals surface area (Å²) in [6, 6.07) is 6.43. The van der Waals surface area contributed by atoms with E-state index in [2.05, 4.69) is 4.72 Å². The van der Waals surface area contributed by atoms with Gasteiger partial charge < -0.3 is 9.15 Å². The van der Waals surface area contributed by atoms with E-state index in [9.17, 15) is 12.8 Å². The van der Waals surface area contributed by atoms with Crippen molar-refractivity contribution in [1.29, 1.82) is 0 Å². The van der Waals surface area contributed by atoms with E-state index in [1.807, 2.05) is 0 Å². The Labute approximate surface area is 122 Å². The number of hydrogen-bond donors (Lipinski definition) is 1. The zero-order chi connectivity index (χ0) is 15.5. The summed E-state index contributed by atoms with van der Waals surface area (Å²) < 4.78 is 50.5. The zero-order valence-electron chi connectivity index (χ0n) is 11.7. The molecule has 114 valence electrons. The van der Waals surface area contributed by atoms with Crippen LogP contribution in [0.25, 0.3) is 0 Å². The summed E-state index contributed by atoms with van der Waals surface area (Å²) in [5.74, 6) is 0.111. The number of sulfonamides is 1. The molecule has 1 aromatic carbocycles. The van der Waals surface area contributed by atoms with Crippen LogP contribution < -0.4 is 9.46 Å². The summed E-state index contributed by atoms with van der Waals surface area (Å²) in [6.07, 6.45) is 1.91. The number of rotatable bonds is 6. The van der Waals surface area contributed by atoms with E-state index in [1.165, 1.54) is 19.4 Å². The normalized spacial score (nSPS) is 13.1. The Morgan fingerprint density at radius 1 is 1.38 bits per heavy atom. The van der Waals surface area contributed by atoms with Crippen LogP contribution in [0.4, 0.5) is 4.39 Å². The Hall–Kier alpha value is -1.86. The highest BCUT2D eigenvalue weighted by Crippen LogP contribution is 2.24. The molecule has 2 rings (SSSR count). The van der Waals surface area contributed by atoms with Crippen LogP contribution in [0.15, 0.2) is 45.9 Å². The molecule has 0 bridgehead atoms. The van der Waals surface area contributed by atoms with Gasteiger partial charge in [-0.1, -0.05) is 0 Å². The van der Waals surface area contributed by atoms with E-state index in [4.69, 9.17) is 9.15 Å². The van der Waals surface area contributed by atoms with Crippen molar-refractivity contribution in [2.45, 2.75) is 24.3 Å². The molecule has 0 saturated carbocycles. The fourth-order valence-corrected chi connectivity index (χ4v) is 3.39. The van der Waals surface area contributed by atoms with Crippen molar-refractivity contribution in [1.82, 2.24) is 4.72 Å². The van der Waals surface area contributed by atoms with Gasteiger partial charge in [0.05, 0.1) is 13.4 Å². The molecule has 0 saturated heterocycles. The molecule has 0 spiro atoms. The number of benzene rings is 1. The first kappa shape index (κ1) is 15.5. The van der Waals surface area contributed by atoms with Crippen molar-refractivity contribution in [3.8, 4) is 5.75 Å². The molecule has 2 aromatic rings. The van der Waals surface area contributed by atoms with Gasteiger partial charge in [-0.25, -0.2) is 17.5 Å². The molecule has 0 aliphatic rings. The van der Waals surface area contributed by atoms with Gasteiger partial charge in [0.1, 0.15) is 22.2 Å². The minimum absolute atomic E-state index is 0.0918. The van der Waals surface area contributed by atoms with Gasteiger partial charge in [0, 0.05) is 12.5 Å². The smallest absolute Gasteiger partial charge is 0.244 e. The molecule has 0 aliphatic carbocycles. The van der Waals surface area contributed by atoms with E-state index in [0.717, 1.165) is 12.1 Å². The van der Waals surface area contributed by atoms with Gasteiger partial charge in [-0.2, -0.15) is 0 Å². The molecular formula is C14H16FNO4S. The third kappa shape index (κ3) is 3.83. The third-order valence-corrected chi connectivity index (χ3v) is 4.47. The van der Waals surface area contributed by atoms with E-state index < -0.39 is 21.9 Å². The summed E-state index contributed by atoms with van der Waals surface area (Å²) in [4.78, 5) is -0.226. The van der Waals surface area contributed by atoms with Crippen LogP contribution in [-0.2, 0) is 16.4 Å². The monoisotopic (exact) mass is 313 g/mol. The van der Waals surface area contributed by atoms with Crippen LogP contribution >= 0.6 is 0 Å². The van der Waals surface area contributed by atoms with Crippen molar-refractivity contribution < 1.29 is 22.0 Å². The third-order valence-electron chi connectivity index (χ3n) is 2.86. The molecule has 1 N–H and O–H groups in total. The molecule has 1 atom stereocenters.